The first kappa shape index (κ1) is 31.6. The molecule has 1 aromatic rings. The fourth-order valence-corrected chi connectivity index (χ4v) is 3.66. The summed E-state index contributed by atoms with van der Waals surface area (Å²) < 4.78 is 0. The van der Waals surface area contributed by atoms with Crippen LogP contribution < -0.4 is 21.7 Å². The minimum Gasteiger partial charge on any atom is -0.481 e. The third-order valence-corrected chi connectivity index (χ3v) is 6.04. The Labute approximate surface area is 217 Å². The van der Waals surface area contributed by atoms with Crippen molar-refractivity contribution in [3.8, 4) is 0 Å². The van der Waals surface area contributed by atoms with E-state index in [2.05, 4.69) is 16.0 Å². The molecule has 1 aromatic carbocycles. The molecule has 0 saturated heterocycles. The molecule has 0 radical (unpaired) electrons. The Kier molecular flexibility index (Phi) is 13.3. The van der Waals surface area contributed by atoms with Crippen LogP contribution in [0.4, 0.5) is 0 Å². The Balaban J connectivity index is 3.00. The summed E-state index contributed by atoms with van der Waals surface area (Å²) in [5.74, 6) is -4.53. The number of nitrogens with one attached hydrogen (secondary N) is 3. The average molecular weight is 521 g/mol. The molecule has 5 atom stereocenters. The summed E-state index contributed by atoms with van der Waals surface area (Å²) in [4.78, 5) is 61.5. The number of carbonyl (C=O) groups excluding carboxylic acids is 3. The molecule has 37 heavy (non-hydrogen) atoms. The largest absolute Gasteiger partial charge is 0.481 e. The van der Waals surface area contributed by atoms with Gasteiger partial charge in [0.15, 0.2) is 0 Å². The van der Waals surface area contributed by atoms with Gasteiger partial charge < -0.3 is 31.9 Å². The van der Waals surface area contributed by atoms with E-state index < -0.39 is 53.8 Å². The molecule has 0 heterocycles. The lowest BCUT2D eigenvalue weighted by atomic mass is 9.96. The molecule has 0 saturated carbocycles. The fourth-order valence-electron chi connectivity index (χ4n) is 3.66. The van der Waals surface area contributed by atoms with Crippen molar-refractivity contribution >= 4 is 29.7 Å². The molecule has 0 aliphatic heterocycles. The van der Waals surface area contributed by atoms with E-state index in [-0.39, 0.29) is 37.5 Å². The summed E-state index contributed by atoms with van der Waals surface area (Å²) in [5, 5.41) is 26.3. The molecule has 11 nitrogen and oxygen atoms in total. The van der Waals surface area contributed by atoms with Crippen LogP contribution in [-0.4, -0.2) is 64.0 Å². The monoisotopic (exact) mass is 520 g/mol. The van der Waals surface area contributed by atoms with Crippen LogP contribution in [0.25, 0.3) is 0 Å². The van der Waals surface area contributed by atoms with Crippen molar-refractivity contribution in [1.82, 2.24) is 16.0 Å². The molecule has 11 heteroatoms. The molecule has 3 amide bonds. The van der Waals surface area contributed by atoms with Crippen molar-refractivity contribution < 1.29 is 34.2 Å². The van der Waals surface area contributed by atoms with Crippen LogP contribution in [0.15, 0.2) is 30.3 Å². The quantitative estimate of drug-likeness (QED) is 0.186. The molecular weight excluding hydrogens is 480 g/mol. The summed E-state index contributed by atoms with van der Waals surface area (Å²) >= 11 is 0. The lowest BCUT2D eigenvalue weighted by Gasteiger charge is -2.28. The highest BCUT2D eigenvalue weighted by molar-refractivity contribution is 5.94. The van der Waals surface area contributed by atoms with Crippen molar-refractivity contribution in [2.24, 2.45) is 17.6 Å². The van der Waals surface area contributed by atoms with Crippen LogP contribution in [0.5, 0.6) is 0 Å². The fraction of sp³-hybridized carbons (Fsp3) is 0.577. The van der Waals surface area contributed by atoms with E-state index in [9.17, 15) is 29.1 Å². The van der Waals surface area contributed by atoms with Gasteiger partial charge in [0.05, 0.1) is 6.04 Å². The van der Waals surface area contributed by atoms with Crippen molar-refractivity contribution in [3.63, 3.8) is 0 Å². The summed E-state index contributed by atoms with van der Waals surface area (Å²) in [5.41, 5.74) is 6.52. The van der Waals surface area contributed by atoms with E-state index in [0.29, 0.717) is 6.42 Å². The maximum Gasteiger partial charge on any atom is 0.326 e. The lowest BCUT2D eigenvalue weighted by molar-refractivity contribution is -0.142. The minimum absolute atomic E-state index is 0.00410. The molecular formula is C26H40N4O7. The summed E-state index contributed by atoms with van der Waals surface area (Å²) in [6.07, 6.45) is 0.468. The SMILES string of the molecule is CCC(C)C(NC(=O)C(CC(C)C)NC(=O)C(N)CCC(=O)O)C(=O)NC(Cc1ccccc1)C(=O)O. The number of benzene rings is 1. The van der Waals surface area contributed by atoms with Gasteiger partial charge in [-0.2, -0.15) is 0 Å². The van der Waals surface area contributed by atoms with E-state index in [1.807, 2.05) is 20.8 Å². The van der Waals surface area contributed by atoms with Crippen LogP contribution >= 0.6 is 0 Å². The molecule has 5 unspecified atom stereocenters. The number of carboxylic acid groups (broad SMARTS) is 2. The number of carbonyl (C=O) groups is 5. The number of hydrogen-bond donors (Lipinski definition) is 6. The normalized spacial score (nSPS) is 15.1. The summed E-state index contributed by atoms with van der Waals surface area (Å²) in [6.45, 7) is 7.31. The van der Waals surface area contributed by atoms with Gasteiger partial charge in [-0.15, -0.1) is 0 Å². The zero-order chi connectivity index (χ0) is 28.1. The Morgan fingerprint density at radius 2 is 1.46 bits per heavy atom. The predicted octanol–water partition coefficient (Wildman–Crippen LogP) is 1.05. The van der Waals surface area contributed by atoms with E-state index in [4.69, 9.17) is 10.8 Å². The highest BCUT2D eigenvalue weighted by Gasteiger charge is 2.33. The van der Waals surface area contributed by atoms with E-state index in [1.165, 1.54) is 0 Å². The van der Waals surface area contributed by atoms with Gasteiger partial charge in [-0.3, -0.25) is 19.2 Å². The Hall–Kier alpha value is -3.47. The highest BCUT2D eigenvalue weighted by Crippen LogP contribution is 2.12. The molecule has 0 bridgehead atoms. The second kappa shape index (κ2) is 15.6. The maximum atomic E-state index is 13.2. The Morgan fingerprint density at radius 1 is 0.865 bits per heavy atom. The van der Waals surface area contributed by atoms with Crippen molar-refractivity contribution in [2.75, 3.05) is 0 Å². The van der Waals surface area contributed by atoms with E-state index in [1.54, 1.807) is 37.3 Å². The Morgan fingerprint density at radius 3 is 1.97 bits per heavy atom. The van der Waals surface area contributed by atoms with Gasteiger partial charge in [-0.1, -0.05) is 64.4 Å². The average Bonchev–Trinajstić information content (AvgIpc) is 2.84. The number of aliphatic carboxylic acids is 2. The zero-order valence-corrected chi connectivity index (χ0v) is 21.9. The zero-order valence-electron chi connectivity index (χ0n) is 21.9. The molecule has 0 aromatic heterocycles. The van der Waals surface area contributed by atoms with Gasteiger partial charge in [0, 0.05) is 12.8 Å². The van der Waals surface area contributed by atoms with Gasteiger partial charge in [0.25, 0.3) is 0 Å². The minimum atomic E-state index is -1.20. The van der Waals surface area contributed by atoms with E-state index in [0.717, 1.165) is 5.56 Å². The second-order valence-electron chi connectivity index (χ2n) is 9.69. The van der Waals surface area contributed by atoms with Crippen LogP contribution in [0, 0.1) is 11.8 Å². The smallest absolute Gasteiger partial charge is 0.326 e. The first-order chi connectivity index (χ1) is 17.3. The second-order valence-corrected chi connectivity index (χ2v) is 9.69. The maximum absolute atomic E-state index is 13.2. The standard InChI is InChI=1S/C26H40N4O7/c1-5-16(4)22(25(35)29-20(26(36)37)14-17-9-7-6-8-10-17)30-24(34)19(13-15(2)3)28-23(33)18(27)11-12-21(31)32/h6-10,15-16,18-20,22H,5,11-14,27H2,1-4H3,(H,28,33)(H,29,35)(H,30,34)(H,31,32)(H,36,37). The lowest BCUT2D eigenvalue weighted by Crippen LogP contribution is -2.59. The topological polar surface area (TPSA) is 188 Å². The van der Waals surface area contributed by atoms with E-state index >= 15 is 0 Å². The third kappa shape index (κ3) is 11.4. The van der Waals surface area contributed by atoms with Crippen LogP contribution in [-0.2, 0) is 30.4 Å². The molecule has 0 fully saturated rings. The Bertz CT molecular complexity index is 923. The molecule has 1 rings (SSSR count). The van der Waals surface area contributed by atoms with Gasteiger partial charge in [0.2, 0.25) is 17.7 Å². The van der Waals surface area contributed by atoms with Gasteiger partial charge in [-0.25, -0.2) is 4.79 Å². The van der Waals surface area contributed by atoms with Crippen LogP contribution in [0.2, 0.25) is 0 Å². The first-order valence-electron chi connectivity index (χ1n) is 12.5. The number of hydrogen-bond acceptors (Lipinski definition) is 6. The third-order valence-electron chi connectivity index (χ3n) is 6.04. The van der Waals surface area contributed by atoms with Crippen molar-refractivity contribution in [3.05, 3.63) is 35.9 Å². The van der Waals surface area contributed by atoms with Crippen molar-refractivity contribution in [1.29, 1.82) is 0 Å². The first-order valence-corrected chi connectivity index (χ1v) is 12.5. The number of nitrogens with two attached hydrogens (primary N) is 1. The molecule has 206 valence electrons. The van der Waals surface area contributed by atoms with Crippen molar-refractivity contribution in [2.45, 2.75) is 84.0 Å². The summed E-state index contributed by atoms with van der Waals surface area (Å²) in [6, 6.07) is 4.51. The molecule has 0 aliphatic carbocycles. The van der Waals surface area contributed by atoms with Gasteiger partial charge in [-0.05, 0) is 30.2 Å². The highest BCUT2D eigenvalue weighted by atomic mass is 16.4. The summed E-state index contributed by atoms with van der Waals surface area (Å²) in [7, 11) is 0. The number of rotatable bonds is 16. The number of amides is 3. The molecule has 7 N–H and O–H groups in total. The van der Waals surface area contributed by atoms with Gasteiger partial charge in [0.1, 0.15) is 18.1 Å². The predicted molar refractivity (Wildman–Crippen MR) is 137 cm³/mol. The van der Waals surface area contributed by atoms with Gasteiger partial charge >= 0.3 is 11.9 Å². The number of carboxylic acids is 2. The van der Waals surface area contributed by atoms with Crippen LogP contribution in [0.3, 0.4) is 0 Å². The molecule has 0 spiro atoms. The van der Waals surface area contributed by atoms with Crippen LogP contribution in [0.1, 0.15) is 58.9 Å². The molecule has 0 aliphatic rings.